The zero-order chi connectivity index (χ0) is 34.4. The highest BCUT2D eigenvalue weighted by molar-refractivity contribution is 6.12. The molecule has 0 amide bonds. The lowest BCUT2D eigenvalue weighted by molar-refractivity contribution is 0.516. The molecule has 2 heterocycles. The zero-order valence-corrected chi connectivity index (χ0v) is 28.9. The van der Waals surface area contributed by atoms with E-state index in [9.17, 15) is 0 Å². The Morgan fingerprint density at radius 3 is 2.04 bits per heavy atom. The third-order valence-corrected chi connectivity index (χ3v) is 10.8. The predicted molar refractivity (Wildman–Crippen MR) is 214 cm³/mol. The van der Waals surface area contributed by atoms with E-state index in [4.69, 9.17) is 4.99 Å². The maximum Gasteiger partial charge on any atom is 0.0662 e. The van der Waals surface area contributed by atoms with E-state index in [1.807, 2.05) is 0 Å². The number of hydrogen-bond acceptors (Lipinski definition) is 2. The molecule has 8 aromatic rings. The molecule has 1 aliphatic rings. The summed E-state index contributed by atoms with van der Waals surface area (Å²) in [7, 11) is 0. The van der Waals surface area contributed by atoms with E-state index in [2.05, 4.69) is 200 Å². The Morgan fingerprint density at radius 2 is 1.29 bits per heavy atom. The molecule has 51 heavy (non-hydrogen) atoms. The van der Waals surface area contributed by atoms with Gasteiger partial charge >= 0.3 is 0 Å². The van der Waals surface area contributed by atoms with Crippen LogP contribution in [-0.2, 0) is 11.8 Å². The van der Waals surface area contributed by atoms with E-state index in [-0.39, 0.29) is 11.5 Å². The van der Waals surface area contributed by atoms with Crippen LogP contribution in [0.5, 0.6) is 0 Å². The summed E-state index contributed by atoms with van der Waals surface area (Å²) in [5, 5.41) is 6.52. The van der Waals surface area contributed by atoms with Crippen molar-refractivity contribution >= 4 is 38.9 Å². The minimum absolute atomic E-state index is 0.0636. The van der Waals surface area contributed by atoms with Crippen LogP contribution >= 0.6 is 0 Å². The van der Waals surface area contributed by atoms with Gasteiger partial charge in [-0.05, 0) is 72.0 Å². The lowest BCUT2D eigenvalue weighted by Gasteiger charge is -2.34. The minimum Gasteiger partial charge on any atom is -0.377 e. The number of fused-ring (bicyclic) bond motifs is 5. The molecule has 0 aliphatic carbocycles. The Hall–Kier alpha value is -6.19. The molecule has 9 rings (SSSR count). The molecular weight excluding hydrogens is 619 g/mol. The topological polar surface area (TPSA) is 29.3 Å². The number of aryl methyl sites for hydroxylation is 1. The van der Waals surface area contributed by atoms with E-state index in [1.165, 1.54) is 55.3 Å². The molecule has 1 aliphatic heterocycles. The summed E-state index contributed by atoms with van der Waals surface area (Å²) in [5.41, 5.74) is 13.9. The van der Waals surface area contributed by atoms with Crippen molar-refractivity contribution in [3.8, 4) is 5.69 Å². The Kier molecular flexibility index (Phi) is 7.62. The first-order valence-electron chi connectivity index (χ1n) is 17.8. The molecule has 0 saturated heterocycles. The van der Waals surface area contributed by atoms with Crippen molar-refractivity contribution in [1.29, 1.82) is 0 Å². The molecular formula is C48H39N3. The van der Waals surface area contributed by atoms with Crippen LogP contribution in [0, 0.1) is 6.92 Å². The monoisotopic (exact) mass is 657 g/mol. The van der Waals surface area contributed by atoms with Crippen LogP contribution in [0.3, 0.4) is 0 Å². The highest BCUT2D eigenvalue weighted by Crippen LogP contribution is 2.56. The van der Waals surface area contributed by atoms with Gasteiger partial charge < -0.3 is 9.88 Å². The molecule has 0 saturated carbocycles. The molecule has 3 heteroatoms. The minimum atomic E-state index is -0.341. The number of hydrogen-bond donors (Lipinski definition) is 1. The number of para-hydroxylation sites is 2. The second-order valence-corrected chi connectivity index (χ2v) is 13.8. The van der Waals surface area contributed by atoms with Crippen molar-refractivity contribution in [3.63, 3.8) is 0 Å². The number of aliphatic imine (C=N–C) groups is 1. The van der Waals surface area contributed by atoms with Gasteiger partial charge in [0.15, 0.2) is 0 Å². The molecule has 1 N–H and O–H groups in total. The second-order valence-electron chi connectivity index (χ2n) is 13.8. The summed E-state index contributed by atoms with van der Waals surface area (Å²) in [6, 6.07) is 63.5. The number of nitrogens with one attached hydrogen (secondary N) is 1. The van der Waals surface area contributed by atoms with Crippen molar-refractivity contribution in [2.75, 3.05) is 5.32 Å². The van der Waals surface area contributed by atoms with Crippen LogP contribution in [0.4, 0.5) is 11.4 Å². The molecule has 1 aromatic heterocycles. The number of anilines is 1. The van der Waals surface area contributed by atoms with Gasteiger partial charge in [0.1, 0.15) is 0 Å². The first-order chi connectivity index (χ1) is 25.1. The lowest BCUT2D eigenvalue weighted by atomic mass is 9.70. The van der Waals surface area contributed by atoms with Crippen LogP contribution in [-0.4, -0.2) is 10.3 Å². The summed E-state index contributed by atoms with van der Waals surface area (Å²) in [6.45, 7) is 4.55. The average Bonchev–Trinajstić information content (AvgIpc) is 3.69. The first kappa shape index (κ1) is 30.8. The maximum atomic E-state index is 5.25. The van der Waals surface area contributed by atoms with Crippen molar-refractivity contribution < 1.29 is 0 Å². The Labute approximate surface area is 299 Å². The van der Waals surface area contributed by atoms with Crippen molar-refractivity contribution in [3.05, 3.63) is 209 Å². The van der Waals surface area contributed by atoms with Crippen LogP contribution in [0.2, 0.25) is 0 Å². The molecule has 0 radical (unpaired) electrons. The second kappa shape index (κ2) is 12.6. The smallest absolute Gasteiger partial charge is 0.0662 e. The van der Waals surface area contributed by atoms with Crippen molar-refractivity contribution in [2.45, 2.75) is 31.7 Å². The van der Waals surface area contributed by atoms with Gasteiger partial charge in [0.05, 0.1) is 28.5 Å². The quantitative estimate of drug-likeness (QED) is 0.170. The predicted octanol–water partition coefficient (Wildman–Crippen LogP) is 11.9. The maximum absolute atomic E-state index is 5.25. The van der Waals surface area contributed by atoms with Gasteiger partial charge in [-0.25, -0.2) is 0 Å². The van der Waals surface area contributed by atoms with Gasteiger partial charge in [-0.15, -0.1) is 0 Å². The normalized spacial score (nSPS) is 17.1. The molecule has 7 aromatic carbocycles. The fourth-order valence-electron chi connectivity index (χ4n) is 8.21. The number of nitrogens with zero attached hydrogens (tertiary/aromatic N) is 2. The molecule has 3 nitrogen and oxygen atoms in total. The zero-order valence-electron chi connectivity index (χ0n) is 28.9. The van der Waals surface area contributed by atoms with Crippen LogP contribution < -0.4 is 5.32 Å². The fourth-order valence-corrected chi connectivity index (χ4v) is 8.21. The van der Waals surface area contributed by atoms with E-state index in [1.54, 1.807) is 0 Å². The summed E-state index contributed by atoms with van der Waals surface area (Å²) in [5.74, 6) is 0. The summed E-state index contributed by atoms with van der Waals surface area (Å²) in [4.78, 5) is 5.25. The Morgan fingerprint density at radius 1 is 0.647 bits per heavy atom. The molecule has 0 fully saturated rings. The lowest BCUT2D eigenvalue weighted by Crippen LogP contribution is -2.30. The summed E-state index contributed by atoms with van der Waals surface area (Å²) in [6.07, 6.45) is 0.749. The van der Waals surface area contributed by atoms with Crippen LogP contribution in [0.1, 0.15) is 46.3 Å². The van der Waals surface area contributed by atoms with Gasteiger partial charge in [-0.3, -0.25) is 4.99 Å². The van der Waals surface area contributed by atoms with Gasteiger partial charge in [-0.2, -0.15) is 0 Å². The van der Waals surface area contributed by atoms with E-state index in [0.717, 1.165) is 29.1 Å². The third-order valence-electron chi connectivity index (χ3n) is 10.8. The molecule has 0 bridgehead atoms. The fraction of sp³-hybridized carbons (Fsp3) is 0.104. The number of benzene rings is 7. The Balaban J connectivity index is 1.25. The molecule has 2 atom stereocenters. The number of rotatable bonds is 7. The standard InChI is InChI=1S/C48H39N3/c1-33-16-12-14-24-41(33)49-43(32-34-17-6-3-7-18-34)35-26-28-38(29-27-35)51-44-25-15-13-23-39(44)40-30-31-42-45(46(40)51)48(2,37-21-10-5-11-22-37)47(50-42)36-19-8-4-9-20-36/h3-31,47,50H,32H2,1-2H3/b49-43+. The van der Waals surface area contributed by atoms with Crippen LogP contribution in [0.25, 0.3) is 27.5 Å². The van der Waals surface area contributed by atoms with Crippen LogP contribution in [0.15, 0.2) is 181 Å². The third kappa shape index (κ3) is 5.25. The van der Waals surface area contributed by atoms with E-state index in [0.29, 0.717) is 0 Å². The highest BCUT2D eigenvalue weighted by atomic mass is 15.0. The van der Waals surface area contributed by atoms with Gasteiger partial charge in [0.25, 0.3) is 0 Å². The Bertz CT molecular complexity index is 2530. The summed E-state index contributed by atoms with van der Waals surface area (Å²) >= 11 is 0. The van der Waals surface area contributed by atoms with Gasteiger partial charge in [0, 0.05) is 39.5 Å². The molecule has 2 unspecified atom stereocenters. The largest absolute Gasteiger partial charge is 0.377 e. The van der Waals surface area contributed by atoms with Crippen molar-refractivity contribution in [2.24, 2.45) is 4.99 Å². The number of aromatic nitrogens is 1. The van der Waals surface area contributed by atoms with Gasteiger partial charge in [-0.1, -0.05) is 146 Å². The molecule has 0 spiro atoms. The first-order valence-corrected chi connectivity index (χ1v) is 17.8. The summed E-state index contributed by atoms with van der Waals surface area (Å²) < 4.78 is 2.48. The van der Waals surface area contributed by atoms with Crippen molar-refractivity contribution in [1.82, 2.24) is 4.57 Å². The average molecular weight is 658 g/mol. The van der Waals surface area contributed by atoms with E-state index >= 15 is 0 Å². The molecule has 246 valence electrons. The highest BCUT2D eigenvalue weighted by Gasteiger charge is 2.47. The SMILES string of the molecule is Cc1ccccc1/N=C(\Cc1ccccc1)c1ccc(-n2c3ccccc3c3ccc4c(c32)C(C)(c2ccccc2)C(c2ccccc2)N4)cc1. The van der Waals surface area contributed by atoms with E-state index < -0.39 is 0 Å². The van der Waals surface area contributed by atoms with Gasteiger partial charge in [0.2, 0.25) is 0 Å².